The van der Waals surface area contributed by atoms with Gasteiger partial charge in [0.1, 0.15) is 23.7 Å². The number of fused-ring (bicyclic) bond motifs is 2. The van der Waals surface area contributed by atoms with Crippen molar-refractivity contribution in [2.75, 3.05) is 51.6 Å². The minimum Gasteiger partial charge on any atom is -0.494 e. The Morgan fingerprint density at radius 2 is 1.91 bits per heavy atom. The molecule has 16 heteroatoms. The number of rotatable bonds is 17. The molecule has 0 radical (unpaired) electrons. The van der Waals surface area contributed by atoms with Crippen molar-refractivity contribution in [3.05, 3.63) is 71.9 Å². The number of alkyl carbamates (subject to hydrolysis) is 1. The molecule has 2 saturated heterocycles. The summed E-state index contributed by atoms with van der Waals surface area (Å²) in [5, 5.41) is 26.6. The Kier molecular flexibility index (Phi) is 12.5. The van der Waals surface area contributed by atoms with Crippen LogP contribution in [0.25, 0.3) is 0 Å². The van der Waals surface area contributed by atoms with Crippen LogP contribution in [-0.4, -0.2) is 99.7 Å². The molecule has 3 N–H and O–H groups in total. The fraction of sp³-hybridized carbons (Fsp3) is 0.486. The molecule has 15 nitrogen and oxygen atoms in total. The van der Waals surface area contributed by atoms with Gasteiger partial charge >= 0.3 is 6.09 Å². The summed E-state index contributed by atoms with van der Waals surface area (Å²) >= 11 is 0. The third-order valence-corrected chi connectivity index (χ3v) is 10.9. The predicted octanol–water partition coefficient (Wildman–Crippen LogP) is 3.67. The lowest BCUT2D eigenvalue weighted by Crippen LogP contribution is -2.51. The number of carbonyl (C=O) groups is 1. The van der Waals surface area contributed by atoms with Gasteiger partial charge in [0.15, 0.2) is 17.8 Å². The number of nitrogens with zero attached hydrogens (tertiary/aromatic N) is 3. The number of ether oxygens (including phenoxy) is 6. The van der Waals surface area contributed by atoms with Gasteiger partial charge in [0.05, 0.1) is 48.3 Å². The molecule has 2 aromatic carbocycles. The Labute approximate surface area is 309 Å². The monoisotopic (exact) mass is 751 g/mol. The fourth-order valence-electron chi connectivity index (χ4n) is 6.37. The van der Waals surface area contributed by atoms with Crippen LogP contribution in [0.5, 0.6) is 17.2 Å². The normalized spacial score (nSPS) is 20.1. The van der Waals surface area contributed by atoms with Crippen LogP contribution in [0.4, 0.5) is 10.6 Å². The van der Waals surface area contributed by atoms with Crippen molar-refractivity contribution in [1.82, 2.24) is 14.6 Å². The molecule has 1 aromatic heterocycles. The molecule has 0 aliphatic carbocycles. The van der Waals surface area contributed by atoms with Crippen LogP contribution in [0.1, 0.15) is 37.8 Å². The molecule has 4 heterocycles. The second-order valence-corrected chi connectivity index (χ2v) is 15.5. The lowest BCUT2D eigenvalue weighted by Gasteiger charge is -2.31. The predicted molar refractivity (Wildman–Crippen MR) is 191 cm³/mol. The lowest BCUT2D eigenvalue weighted by molar-refractivity contribution is -0.0907. The van der Waals surface area contributed by atoms with Crippen molar-refractivity contribution >= 4 is 21.9 Å². The van der Waals surface area contributed by atoms with Crippen molar-refractivity contribution in [3.8, 4) is 23.3 Å². The van der Waals surface area contributed by atoms with Gasteiger partial charge in [-0.3, -0.25) is 0 Å². The molecule has 53 heavy (non-hydrogen) atoms. The average molecular weight is 752 g/mol. The second-order valence-electron chi connectivity index (χ2n) is 13.5. The van der Waals surface area contributed by atoms with E-state index >= 15 is 0 Å². The second kappa shape index (κ2) is 17.4. The molecule has 3 aliphatic rings. The highest BCUT2D eigenvalue weighted by atomic mass is 32.2. The van der Waals surface area contributed by atoms with Crippen LogP contribution in [-0.2, 0) is 30.7 Å². The van der Waals surface area contributed by atoms with Gasteiger partial charge in [-0.05, 0) is 67.1 Å². The summed E-state index contributed by atoms with van der Waals surface area (Å²) in [7, 11) is -4.09. The summed E-state index contributed by atoms with van der Waals surface area (Å²) < 4.78 is 62.7. The van der Waals surface area contributed by atoms with Gasteiger partial charge in [-0.1, -0.05) is 26.0 Å². The smallest absolute Gasteiger partial charge is 0.407 e. The molecule has 0 unspecified atom stereocenters. The molecule has 3 aliphatic heterocycles. The third kappa shape index (κ3) is 9.86. The van der Waals surface area contributed by atoms with Crippen LogP contribution < -0.4 is 24.8 Å². The van der Waals surface area contributed by atoms with E-state index in [1.165, 1.54) is 22.6 Å². The molecule has 5 atom stereocenters. The number of carbonyl (C=O) groups excluding carboxylic acids is 1. The van der Waals surface area contributed by atoms with Crippen molar-refractivity contribution in [3.63, 3.8) is 0 Å². The first-order chi connectivity index (χ1) is 25.6. The standard InChI is InChI=1S/C37H45N5O10S/c1-24(2)20-42(53(45,46)28-9-10-32-33(17-28)51-23-50-32)21-31(43)30(41-37(44)52-34-22-49-36-29(34)12-15-48-36)16-25-4-7-27(8-5-25)47-14-3-13-39-35-11-6-26(18-38)19-40-35/h4-11,17,19,24,29-31,34,36,43H,3,12-16,20-23H2,1-2H3,(H,39,40)(H,41,44)/t29-,30-,31+,34+,36+/m0/s1. The van der Waals surface area contributed by atoms with E-state index in [0.717, 1.165) is 5.56 Å². The molecular formula is C37H45N5O10S. The highest BCUT2D eigenvalue weighted by Gasteiger charge is 2.44. The molecule has 0 bridgehead atoms. The molecule has 1 amide bonds. The van der Waals surface area contributed by atoms with E-state index in [1.54, 1.807) is 30.3 Å². The topological polar surface area (TPSA) is 191 Å². The van der Waals surface area contributed by atoms with Crippen molar-refractivity contribution in [2.45, 2.75) is 62.5 Å². The van der Waals surface area contributed by atoms with Gasteiger partial charge in [-0.25, -0.2) is 18.2 Å². The summed E-state index contributed by atoms with van der Waals surface area (Å²) in [6, 6.07) is 16.3. The number of aliphatic hydroxyl groups is 1. The van der Waals surface area contributed by atoms with Crippen LogP contribution >= 0.6 is 0 Å². The zero-order chi connectivity index (χ0) is 37.4. The van der Waals surface area contributed by atoms with Crippen LogP contribution in [0.15, 0.2) is 65.7 Å². The van der Waals surface area contributed by atoms with E-state index in [1.807, 2.05) is 32.0 Å². The van der Waals surface area contributed by atoms with E-state index in [2.05, 4.69) is 15.6 Å². The lowest BCUT2D eigenvalue weighted by atomic mass is 10.0. The number of pyridine rings is 1. The number of amides is 1. The van der Waals surface area contributed by atoms with Gasteiger partial charge in [0.25, 0.3) is 0 Å². The molecule has 6 rings (SSSR count). The Balaban J connectivity index is 1.11. The third-order valence-electron chi connectivity index (χ3n) is 9.12. The van der Waals surface area contributed by atoms with Crippen molar-refractivity contribution < 1.29 is 46.7 Å². The minimum atomic E-state index is -4.09. The number of sulfonamides is 1. The van der Waals surface area contributed by atoms with Crippen LogP contribution in [0.2, 0.25) is 0 Å². The fourth-order valence-corrected chi connectivity index (χ4v) is 8.01. The quantitative estimate of drug-likeness (QED) is 0.170. The summed E-state index contributed by atoms with van der Waals surface area (Å²) in [6.07, 6.45) is 0.121. The Hall–Kier alpha value is -4.66. The Morgan fingerprint density at radius 1 is 1.09 bits per heavy atom. The maximum atomic E-state index is 14.0. The number of benzene rings is 2. The summed E-state index contributed by atoms with van der Waals surface area (Å²) in [6.45, 7) is 5.40. The zero-order valence-electron chi connectivity index (χ0n) is 29.7. The highest BCUT2D eigenvalue weighted by Crippen LogP contribution is 2.35. The number of anilines is 1. The van der Waals surface area contributed by atoms with Crippen molar-refractivity contribution in [2.24, 2.45) is 11.8 Å². The Bertz CT molecular complexity index is 1840. The number of aromatic nitrogens is 1. The van der Waals surface area contributed by atoms with E-state index in [4.69, 9.17) is 33.7 Å². The summed E-state index contributed by atoms with van der Waals surface area (Å²) in [4.78, 5) is 17.5. The number of nitrogens with one attached hydrogen (secondary N) is 2. The summed E-state index contributed by atoms with van der Waals surface area (Å²) in [5.74, 6) is 1.95. The van der Waals surface area contributed by atoms with Gasteiger partial charge < -0.3 is 44.2 Å². The maximum absolute atomic E-state index is 14.0. The minimum absolute atomic E-state index is 0.00162. The number of hydrogen-bond donors (Lipinski definition) is 3. The molecule has 3 aromatic rings. The Morgan fingerprint density at radius 3 is 2.66 bits per heavy atom. The molecule has 0 saturated carbocycles. The van der Waals surface area contributed by atoms with E-state index in [0.29, 0.717) is 61.2 Å². The van der Waals surface area contributed by atoms with Crippen LogP contribution in [0, 0.1) is 23.2 Å². The van der Waals surface area contributed by atoms with Gasteiger partial charge in [-0.15, -0.1) is 0 Å². The van der Waals surface area contributed by atoms with Crippen LogP contribution in [0.3, 0.4) is 0 Å². The van der Waals surface area contributed by atoms with E-state index in [9.17, 15) is 18.3 Å². The highest BCUT2D eigenvalue weighted by molar-refractivity contribution is 7.89. The van der Waals surface area contributed by atoms with E-state index in [-0.39, 0.29) is 49.6 Å². The largest absolute Gasteiger partial charge is 0.494 e. The molecular weight excluding hydrogens is 706 g/mol. The number of aliphatic hydroxyl groups excluding tert-OH is 1. The van der Waals surface area contributed by atoms with Gasteiger partial charge in [0, 0.05) is 31.9 Å². The SMILES string of the molecule is CC(C)CN(C[C@@H](O)[C@H](Cc1ccc(OCCCNc2ccc(C#N)cn2)cc1)NC(=O)O[C@@H]1CO[C@H]2OCC[C@H]21)S(=O)(=O)c1ccc2c(c1)OCO2. The zero-order valence-corrected chi connectivity index (χ0v) is 30.5. The average Bonchev–Trinajstić information content (AvgIpc) is 3.90. The first-order valence-corrected chi connectivity index (χ1v) is 19.1. The molecule has 2 fully saturated rings. The first kappa shape index (κ1) is 38.1. The molecule has 0 spiro atoms. The first-order valence-electron chi connectivity index (χ1n) is 17.7. The number of nitriles is 1. The molecule has 284 valence electrons. The van der Waals surface area contributed by atoms with Gasteiger partial charge in [0.2, 0.25) is 16.8 Å². The number of hydrogen-bond acceptors (Lipinski definition) is 13. The van der Waals surface area contributed by atoms with Gasteiger partial charge in [-0.2, -0.15) is 9.57 Å². The maximum Gasteiger partial charge on any atom is 0.407 e. The van der Waals surface area contributed by atoms with Crippen molar-refractivity contribution in [1.29, 1.82) is 5.26 Å². The summed E-state index contributed by atoms with van der Waals surface area (Å²) in [5.41, 5.74) is 1.27. The van der Waals surface area contributed by atoms with E-state index < -0.39 is 40.7 Å².